The molecule has 108 valence electrons. The largest absolute Gasteiger partial charge is 0.622 e. The summed E-state index contributed by atoms with van der Waals surface area (Å²) in [4.78, 5) is 1.85. The Hall–Kier alpha value is -1.27. The van der Waals surface area contributed by atoms with E-state index >= 15 is 0 Å². The van der Waals surface area contributed by atoms with Gasteiger partial charge in [0.1, 0.15) is 14.8 Å². The van der Waals surface area contributed by atoms with E-state index in [1.54, 1.807) is 25.1 Å². The number of hydrogen-bond donors (Lipinski definition) is 0. The van der Waals surface area contributed by atoms with Crippen LogP contribution in [-0.2, 0) is 0 Å². The third-order valence-electron chi connectivity index (χ3n) is 3.27. The van der Waals surface area contributed by atoms with E-state index in [0.29, 0.717) is 5.75 Å². The highest BCUT2D eigenvalue weighted by molar-refractivity contribution is 8.24. The van der Waals surface area contributed by atoms with Gasteiger partial charge in [0.05, 0.1) is 12.7 Å². The van der Waals surface area contributed by atoms with Gasteiger partial charge in [-0.1, -0.05) is 36.1 Å². The Morgan fingerprint density at radius 2 is 2.10 bits per heavy atom. The number of ether oxygens (including phenoxy) is 1. The minimum atomic E-state index is -0.329. The highest BCUT2D eigenvalue weighted by Gasteiger charge is 2.48. The zero-order valence-corrected chi connectivity index (χ0v) is 13.6. The molecule has 0 N–H and O–H groups in total. The van der Waals surface area contributed by atoms with Crippen LogP contribution in [0.4, 0.5) is 0 Å². The molecule has 1 aliphatic rings. The molecule has 1 aromatic rings. The topological polar surface area (TPSA) is 38.5 Å². The van der Waals surface area contributed by atoms with Crippen LogP contribution in [0.5, 0.6) is 5.75 Å². The van der Waals surface area contributed by atoms with Gasteiger partial charge in [-0.2, -0.15) is 4.74 Å². The summed E-state index contributed by atoms with van der Waals surface area (Å²) in [6.45, 7) is 4.05. The lowest BCUT2D eigenvalue weighted by Crippen LogP contribution is -2.46. The van der Waals surface area contributed by atoms with Crippen molar-refractivity contribution in [3.8, 4) is 5.75 Å². The first-order valence-corrected chi connectivity index (χ1v) is 7.48. The van der Waals surface area contributed by atoms with Gasteiger partial charge in [-0.15, -0.1) is 0 Å². The van der Waals surface area contributed by atoms with Crippen molar-refractivity contribution in [1.82, 2.24) is 4.90 Å². The highest BCUT2D eigenvalue weighted by atomic mass is 32.2. The second-order valence-corrected chi connectivity index (χ2v) is 7.48. The molecule has 0 amide bonds. The number of hydroxylamine groups is 1. The first kappa shape index (κ1) is 15.1. The number of thioether (sulfide) groups is 1. The SMILES string of the molecule is COc1ccccc1C=[N+]([O-])C1N(C)C(=S)SC1(C)C. The molecule has 1 aliphatic heterocycles. The van der Waals surface area contributed by atoms with E-state index in [1.165, 1.54) is 0 Å². The normalized spacial score (nSPS) is 22.2. The summed E-state index contributed by atoms with van der Waals surface area (Å²) in [5.41, 5.74) is 0.761. The molecule has 0 spiro atoms. The first-order chi connectivity index (χ1) is 9.36. The van der Waals surface area contributed by atoms with Crippen molar-refractivity contribution in [1.29, 1.82) is 0 Å². The van der Waals surface area contributed by atoms with Gasteiger partial charge in [-0.3, -0.25) is 0 Å². The van der Waals surface area contributed by atoms with Crippen molar-refractivity contribution in [2.24, 2.45) is 0 Å². The lowest BCUT2D eigenvalue weighted by atomic mass is 10.1. The quantitative estimate of drug-likeness (QED) is 0.282. The monoisotopic (exact) mass is 310 g/mol. The van der Waals surface area contributed by atoms with Crippen LogP contribution in [0.3, 0.4) is 0 Å². The van der Waals surface area contributed by atoms with Crippen molar-refractivity contribution in [3.63, 3.8) is 0 Å². The minimum absolute atomic E-state index is 0.258. The molecule has 1 saturated heterocycles. The van der Waals surface area contributed by atoms with E-state index in [0.717, 1.165) is 14.6 Å². The van der Waals surface area contributed by atoms with Gasteiger partial charge in [-0.05, 0) is 26.0 Å². The molecule has 1 aromatic carbocycles. The van der Waals surface area contributed by atoms with Crippen molar-refractivity contribution in [2.75, 3.05) is 14.2 Å². The van der Waals surface area contributed by atoms with E-state index in [-0.39, 0.29) is 10.9 Å². The van der Waals surface area contributed by atoms with E-state index in [2.05, 4.69) is 0 Å². The average Bonchev–Trinajstić information content (AvgIpc) is 2.58. The fourth-order valence-corrected chi connectivity index (χ4v) is 4.18. The molecule has 1 unspecified atom stereocenters. The van der Waals surface area contributed by atoms with E-state index in [9.17, 15) is 5.21 Å². The van der Waals surface area contributed by atoms with Crippen molar-refractivity contribution in [2.45, 2.75) is 24.8 Å². The van der Waals surface area contributed by atoms with Crippen molar-refractivity contribution < 1.29 is 9.48 Å². The Morgan fingerprint density at radius 1 is 1.45 bits per heavy atom. The fraction of sp³-hybridized carbons (Fsp3) is 0.429. The van der Waals surface area contributed by atoms with Crippen molar-refractivity contribution in [3.05, 3.63) is 35.0 Å². The minimum Gasteiger partial charge on any atom is -0.622 e. The Balaban J connectivity index is 2.37. The number of methoxy groups -OCH3 is 1. The maximum absolute atomic E-state index is 12.5. The summed E-state index contributed by atoms with van der Waals surface area (Å²) in [5.74, 6) is 0.682. The number of thiocarbonyl (C=S) groups is 1. The summed E-state index contributed by atoms with van der Waals surface area (Å²) >= 11 is 6.84. The smallest absolute Gasteiger partial charge is 0.254 e. The van der Waals surface area contributed by atoms with E-state index in [1.807, 2.05) is 50.1 Å². The molecule has 6 heteroatoms. The summed E-state index contributed by atoms with van der Waals surface area (Å²) < 4.78 is 6.72. The molecule has 0 radical (unpaired) electrons. The molecule has 1 heterocycles. The van der Waals surface area contributed by atoms with E-state index < -0.39 is 0 Å². The predicted octanol–water partition coefficient (Wildman–Crippen LogP) is 2.69. The molecule has 20 heavy (non-hydrogen) atoms. The molecule has 0 bridgehead atoms. The first-order valence-electron chi connectivity index (χ1n) is 6.26. The lowest BCUT2D eigenvalue weighted by Gasteiger charge is -2.27. The number of para-hydroxylation sites is 1. The van der Waals surface area contributed by atoms with Gasteiger partial charge >= 0.3 is 0 Å². The lowest BCUT2D eigenvalue weighted by molar-refractivity contribution is -0.522. The number of benzene rings is 1. The molecule has 0 aliphatic carbocycles. The zero-order valence-electron chi connectivity index (χ0n) is 12.0. The summed E-state index contributed by atoms with van der Waals surface area (Å²) in [6.07, 6.45) is 1.24. The Kier molecular flexibility index (Phi) is 4.25. The molecule has 1 atom stereocenters. The third-order valence-corrected chi connectivity index (χ3v) is 5.01. The van der Waals surface area contributed by atoms with Gasteiger partial charge in [0.25, 0.3) is 6.17 Å². The standard InChI is InChI=1S/C14H18N2O2S2/c1-14(2)12(15(3)13(19)20-14)16(17)9-10-7-5-6-8-11(10)18-4/h5-9,12H,1-4H3. The fourth-order valence-electron chi connectivity index (χ4n) is 2.37. The van der Waals surface area contributed by atoms with Crippen LogP contribution in [0, 0.1) is 5.21 Å². The average molecular weight is 310 g/mol. The van der Waals surface area contributed by atoms with Crippen LogP contribution in [0.2, 0.25) is 0 Å². The maximum Gasteiger partial charge on any atom is 0.254 e. The van der Waals surface area contributed by atoms with Crippen LogP contribution in [0.1, 0.15) is 19.4 Å². The summed E-state index contributed by atoms with van der Waals surface area (Å²) in [6, 6.07) is 7.45. The second-order valence-electron chi connectivity index (χ2n) is 5.19. The molecular weight excluding hydrogens is 292 g/mol. The van der Waals surface area contributed by atoms with Crippen LogP contribution in [-0.4, -0.2) is 45.2 Å². The van der Waals surface area contributed by atoms with Gasteiger partial charge in [0.15, 0.2) is 6.21 Å². The summed E-state index contributed by atoms with van der Waals surface area (Å²) in [7, 11) is 3.45. The zero-order chi connectivity index (χ0) is 14.9. The third kappa shape index (κ3) is 2.76. The van der Waals surface area contributed by atoms with E-state index in [4.69, 9.17) is 17.0 Å². The van der Waals surface area contributed by atoms with Crippen LogP contribution in [0.15, 0.2) is 24.3 Å². The Bertz CT molecular complexity index is 558. The van der Waals surface area contributed by atoms with Gasteiger partial charge < -0.3 is 14.8 Å². The highest BCUT2D eigenvalue weighted by Crippen LogP contribution is 2.40. The van der Waals surface area contributed by atoms with Crippen LogP contribution in [0.25, 0.3) is 0 Å². The Morgan fingerprint density at radius 3 is 2.65 bits per heavy atom. The predicted molar refractivity (Wildman–Crippen MR) is 87.6 cm³/mol. The van der Waals surface area contributed by atoms with Crippen molar-refractivity contribution >= 4 is 34.5 Å². The van der Waals surface area contributed by atoms with Crippen LogP contribution >= 0.6 is 24.0 Å². The van der Waals surface area contributed by atoms with Gasteiger partial charge in [-0.25, -0.2) is 0 Å². The molecular formula is C14H18N2O2S2. The summed E-state index contributed by atoms with van der Waals surface area (Å²) in [5, 5.41) is 12.5. The molecule has 2 rings (SSSR count). The van der Waals surface area contributed by atoms with Gasteiger partial charge in [0, 0.05) is 7.05 Å². The van der Waals surface area contributed by atoms with Crippen LogP contribution < -0.4 is 4.74 Å². The number of rotatable bonds is 3. The molecule has 0 aromatic heterocycles. The maximum atomic E-state index is 12.5. The second kappa shape index (κ2) is 5.61. The molecule has 0 saturated carbocycles. The Labute approximate surface area is 129 Å². The number of hydrogen-bond acceptors (Lipinski definition) is 4. The molecule has 1 fully saturated rings. The number of nitrogens with zero attached hydrogens (tertiary/aromatic N) is 2. The van der Waals surface area contributed by atoms with Gasteiger partial charge in [0.2, 0.25) is 0 Å². The molecule has 4 nitrogen and oxygen atoms in total.